The standard InChI is InChI=1S/C21H21FN4O5S/c1-10-4-6-15(22)18(11(10)2)12(3)19(20-24-25-21(28)31-20)26-32(29,30)14-5-7-16-13(8-14)9-17(27)23-16/h4-8,12,19,26H,9H2,1-3H3,(H,23,27)(H,25,28). The Labute approximate surface area is 183 Å². The fourth-order valence-electron chi connectivity index (χ4n) is 3.88. The molecule has 0 bridgehead atoms. The zero-order valence-corrected chi connectivity index (χ0v) is 18.3. The molecule has 4 rings (SSSR count). The highest BCUT2D eigenvalue weighted by Crippen LogP contribution is 2.35. The Bertz CT molecular complexity index is 1380. The third-order valence-electron chi connectivity index (χ3n) is 5.70. The molecule has 3 N–H and O–H groups in total. The van der Waals surface area contributed by atoms with Gasteiger partial charge in [-0.1, -0.05) is 13.0 Å². The second-order valence-corrected chi connectivity index (χ2v) is 9.50. The van der Waals surface area contributed by atoms with Crippen LogP contribution in [-0.2, 0) is 21.2 Å². The second-order valence-electron chi connectivity index (χ2n) is 7.79. The van der Waals surface area contributed by atoms with Crippen molar-refractivity contribution in [2.24, 2.45) is 0 Å². The number of nitrogens with one attached hydrogen (secondary N) is 3. The Hall–Kier alpha value is -3.31. The van der Waals surface area contributed by atoms with Gasteiger partial charge in [-0.3, -0.25) is 4.79 Å². The number of nitrogens with zero attached hydrogens (tertiary/aromatic N) is 1. The van der Waals surface area contributed by atoms with E-state index in [9.17, 15) is 22.4 Å². The van der Waals surface area contributed by atoms with E-state index in [1.807, 2.05) is 6.92 Å². The maximum atomic E-state index is 14.8. The molecule has 0 saturated carbocycles. The minimum Gasteiger partial charge on any atom is -0.391 e. The Morgan fingerprint density at radius 1 is 1.19 bits per heavy atom. The van der Waals surface area contributed by atoms with E-state index in [1.165, 1.54) is 24.3 Å². The van der Waals surface area contributed by atoms with Gasteiger partial charge in [-0.2, -0.15) is 4.72 Å². The van der Waals surface area contributed by atoms with Crippen LogP contribution in [0.15, 0.2) is 44.4 Å². The summed E-state index contributed by atoms with van der Waals surface area (Å²) in [6.45, 7) is 5.18. The van der Waals surface area contributed by atoms with Gasteiger partial charge in [-0.05, 0) is 60.4 Å². The van der Waals surface area contributed by atoms with Crippen molar-refractivity contribution in [2.45, 2.75) is 44.0 Å². The van der Waals surface area contributed by atoms with Gasteiger partial charge < -0.3 is 9.73 Å². The fraction of sp³-hybridized carbons (Fsp3) is 0.286. The van der Waals surface area contributed by atoms with Gasteiger partial charge in [0, 0.05) is 11.6 Å². The first-order valence-electron chi connectivity index (χ1n) is 9.83. The summed E-state index contributed by atoms with van der Waals surface area (Å²) in [5, 5.41) is 8.54. The summed E-state index contributed by atoms with van der Waals surface area (Å²) < 4.78 is 48.7. The predicted octanol–water partition coefficient (Wildman–Crippen LogP) is 2.44. The number of aromatic amines is 1. The van der Waals surface area contributed by atoms with Crippen molar-refractivity contribution < 1.29 is 22.0 Å². The maximum Gasteiger partial charge on any atom is 0.434 e. The van der Waals surface area contributed by atoms with Gasteiger partial charge in [-0.15, -0.1) is 5.10 Å². The number of rotatable bonds is 6. The highest BCUT2D eigenvalue weighted by atomic mass is 32.2. The molecule has 0 saturated heterocycles. The molecule has 1 aliphatic rings. The topological polar surface area (TPSA) is 134 Å². The number of halogens is 1. The number of sulfonamides is 1. The van der Waals surface area contributed by atoms with Crippen molar-refractivity contribution in [3.05, 3.63) is 74.8 Å². The van der Waals surface area contributed by atoms with E-state index >= 15 is 0 Å². The van der Waals surface area contributed by atoms with Crippen LogP contribution in [0.5, 0.6) is 0 Å². The molecule has 0 aliphatic carbocycles. The minimum atomic E-state index is -4.15. The third-order valence-corrected chi connectivity index (χ3v) is 7.14. The van der Waals surface area contributed by atoms with Crippen LogP contribution in [0.25, 0.3) is 0 Å². The summed E-state index contributed by atoms with van der Waals surface area (Å²) in [6, 6.07) is 6.03. The summed E-state index contributed by atoms with van der Waals surface area (Å²) in [4.78, 5) is 23.1. The van der Waals surface area contributed by atoms with Crippen molar-refractivity contribution in [1.82, 2.24) is 14.9 Å². The minimum absolute atomic E-state index is 0.0699. The maximum absolute atomic E-state index is 14.8. The molecular weight excluding hydrogens is 439 g/mol. The fourth-order valence-corrected chi connectivity index (χ4v) is 5.20. The lowest BCUT2D eigenvalue weighted by atomic mass is 9.88. The molecule has 3 aromatic rings. The first kappa shape index (κ1) is 21.9. The molecule has 9 nitrogen and oxygen atoms in total. The van der Waals surface area contributed by atoms with Gasteiger partial charge >= 0.3 is 5.76 Å². The lowest BCUT2D eigenvalue weighted by molar-refractivity contribution is -0.115. The molecule has 2 unspecified atom stereocenters. The number of benzene rings is 2. The van der Waals surface area contributed by atoms with Gasteiger partial charge in [0.25, 0.3) is 0 Å². The van der Waals surface area contributed by atoms with E-state index in [-0.39, 0.29) is 28.7 Å². The lowest BCUT2D eigenvalue weighted by Crippen LogP contribution is -2.33. The molecule has 0 spiro atoms. The SMILES string of the molecule is Cc1ccc(F)c(C(C)C(NS(=O)(=O)c2ccc3c(c2)CC(=O)N3)c2n[nH]c(=O)o2)c1C. The summed E-state index contributed by atoms with van der Waals surface area (Å²) in [5.41, 5.74) is 2.87. The molecule has 11 heteroatoms. The van der Waals surface area contributed by atoms with Crippen LogP contribution in [0.1, 0.15) is 47.0 Å². The molecule has 1 aromatic heterocycles. The molecule has 168 valence electrons. The smallest absolute Gasteiger partial charge is 0.391 e. The second kappa shape index (κ2) is 7.99. The number of anilines is 1. The average Bonchev–Trinajstić information content (AvgIpc) is 3.33. The van der Waals surface area contributed by atoms with Crippen molar-refractivity contribution in [1.29, 1.82) is 0 Å². The molecule has 32 heavy (non-hydrogen) atoms. The van der Waals surface area contributed by atoms with Crippen molar-refractivity contribution in [3.8, 4) is 0 Å². The summed E-state index contributed by atoms with van der Waals surface area (Å²) in [7, 11) is -4.15. The first-order chi connectivity index (χ1) is 15.1. The zero-order valence-electron chi connectivity index (χ0n) is 17.5. The number of hydrogen-bond donors (Lipinski definition) is 3. The van der Waals surface area contributed by atoms with Crippen LogP contribution < -0.4 is 15.8 Å². The van der Waals surface area contributed by atoms with Crippen LogP contribution in [0, 0.1) is 19.7 Å². The van der Waals surface area contributed by atoms with Gasteiger partial charge in [0.2, 0.25) is 21.8 Å². The lowest BCUT2D eigenvalue weighted by Gasteiger charge is -2.25. The van der Waals surface area contributed by atoms with Crippen molar-refractivity contribution in [3.63, 3.8) is 0 Å². The number of amides is 1. The van der Waals surface area contributed by atoms with Crippen LogP contribution in [0.2, 0.25) is 0 Å². The molecule has 0 fully saturated rings. The highest BCUT2D eigenvalue weighted by Gasteiger charge is 2.34. The molecule has 1 aliphatic heterocycles. The average molecular weight is 460 g/mol. The van der Waals surface area contributed by atoms with E-state index in [4.69, 9.17) is 4.42 Å². The summed E-state index contributed by atoms with van der Waals surface area (Å²) in [5.74, 6) is -2.58. The monoisotopic (exact) mass is 460 g/mol. The third kappa shape index (κ3) is 3.96. The van der Waals surface area contributed by atoms with Gasteiger partial charge in [0.1, 0.15) is 11.9 Å². The number of fused-ring (bicyclic) bond motifs is 1. The first-order valence-corrected chi connectivity index (χ1v) is 11.3. The molecular formula is C21H21FN4O5S. The number of aromatic nitrogens is 2. The normalized spacial score (nSPS) is 15.3. The Kier molecular flexibility index (Phi) is 5.47. The van der Waals surface area contributed by atoms with Crippen molar-refractivity contribution in [2.75, 3.05) is 5.32 Å². The summed E-state index contributed by atoms with van der Waals surface area (Å²) in [6.07, 6.45) is 0.0699. The number of carbonyl (C=O) groups excluding carboxylic acids is 1. The van der Waals surface area contributed by atoms with E-state index in [2.05, 4.69) is 20.2 Å². The van der Waals surface area contributed by atoms with E-state index in [0.717, 1.165) is 5.56 Å². The quantitative estimate of drug-likeness (QED) is 0.517. The number of H-pyrrole nitrogens is 1. The number of aryl methyl sites for hydroxylation is 1. The van der Waals surface area contributed by atoms with Crippen LogP contribution in [0.4, 0.5) is 10.1 Å². The Morgan fingerprint density at radius 2 is 1.94 bits per heavy atom. The number of carbonyl (C=O) groups is 1. The van der Waals surface area contributed by atoms with E-state index in [1.54, 1.807) is 19.9 Å². The molecule has 2 heterocycles. The Balaban J connectivity index is 1.76. The van der Waals surface area contributed by atoms with Gasteiger partial charge in [0.05, 0.1) is 11.3 Å². The predicted molar refractivity (Wildman–Crippen MR) is 113 cm³/mol. The van der Waals surface area contributed by atoms with Gasteiger partial charge in [0.15, 0.2) is 0 Å². The van der Waals surface area contributed by atoms with E-state index < -0.39 is 33.6 Å². The van der Waals surface area contributed by atoms with Crippen molar-refractivity contribution >= 4 is 21.6 Å². The van der Waals surface area contributed by atoms with Crippen LogP contribution in [-0.4, -0.2) is 24.5 Å². The van der Waals surface area contributed by atoms with Crippen LogP contribution >= 0.6 is 0 Å². The summed E-state index contributed by atoms with van der Waals surface area (Å²) >= 11 is 0. The van der Waals surface area contributed by atoms with Gasteiger partial charge in [-0.25, -0.2) is 22.7 Å². The molecule has 2 aromatic carbocycles. The molecule has 2 atom stereocenters. The van der Waals surface area contributed by atoms with Crippen LogP contribution in [0.3, 0.4) is 0 Å². The highest BCUT2D eigenvalue weighted by molar-refractivity contribution is 7.89. The van der Waals surface area contributed by atoms with E-state index in [0.29, 0.717) is 16.8 Å². The molecule has 0 radical (unpaired) electrons. The number of hydrogen-bond acceptors (Lipinski definition) is 6. The Morgan fingerprint density at radius 3 is 2.62 bits per heavy atom. The zero-order chi connectivity index (χ0) is 23.2. The molecule has 1 amide bonds. The largest absolute Gasteiger partial charge is 0.434 e.